The Hall–Kier alpha value is -1.69. The number of anilines is 1. The number of nitrogens with zero attached hydrogens (tertiary/aromatic N) is 5. The molecule has 0 spiro atoms. The minimum atomic E-state index is 0.565. The fraction of sp³-hybridized carbons (Fsp3) is 0.583. The Kier molecular flexibility index (Phi) is 3.10. The van der Waals surface area contributed by atoms with E-state index < -0.39 is 0 Å². The van der Waals surface area contributed by atoms with Gasteiger partial charge in [-0.3, -0.25) is 4.40 Å². The molecule has 6 heteroatoms. The second kappa shape index (κ2) is 4.89. The number of rotatable bonds is 4. The lowest BCUT2D eigenvalue weighted by atomic mass is 10.2. The van der Waals surface area contributed by atoms with Gasteiger partial charge in [0.2, 0.25) is 5.65 Å². The van der Waals surface area contributed by atoms with E-state index in [9.17, 15) is 0 Å². The highest BCUT2D eigenvalue weighted by molar-refractivity contribution is 5.63. The largest absolute Gasteiger partial charge is 0.352 e. The molecule has 2 aromatic heterocycles. The predicted octanol–water partition coefficient (Wildman–Crippen LogP) is 0.703. The van der Waals surface area contributed by atoms with Crippen LogP contribution in [0.1, 0.15) is 19.8 Å². The van der Waals surface area contributed by atoms with Crippen LogP contribution in [-0.2, 0) is 0 Å². The molecule has 1 fully saturated rings. The number of hydrogen-bond acceptors (Lipinski definition) is 5. The van der Waals surface area contributed by atoms with Crippen molar-refractivity contribution in [2.45, 2.75) is 25.8 Å². The van der Waals surface area contributed by atoms with Gasteiger partial charge in [0.05, 0.1) is 0 Å². The zero-order chi connectivity index (χ0) is 12.4. The fourth-order valence-corrected chi connectivity index (χ4v) is 2.51. The number of hydrogen-bond donors (Lipinski definition) is 1. The first-order valence-electron chi connectivity index (χ1n) is 6.51. The molecule has 0 aromatic carbocycles. The molecule has 1 unspecified atom stereocenters. The highest BCUT2D eigenvalue weighted by Gasteiger charge is 2.19. The molecule has 0 bridgehead atoms. The number of likely N-dealkylation sites (N-methyl/N-ethyl adjacent to an activating group) is 1. The summed E-state index contributed by atoms with van der Waals surface area (Å²) < 4.78 is 1.91. The summed E-state index contributed by atoms with van der Waals surface area (Å²) in [7, 11) is 0. The summed E-state index contributed by atoms with van der Waals surface area (Å²) in [4.78, 5) is 6.74. The van der Waals surface area contributed by atoms with E-state index >= 15 is 0 Å². The van der Waals surface area contributed by atoms with Gasteiger partial charge < -0.3 is 10.2 Å². The van der Waals surface area contributed by atoms with Gasteiger partial charge in [0.25, 0.3) is 0 Å². The molecule has 1 saturated heterocycles. The number of nitrogens with one attached hydrogen (secondary N) is 1. The summed E-state index contributed by atoms with van der Waals surface area (Å²) in [6.07, 6.45) is 7.90. The minimum Gasteiger partial charge on any atom is -0.352 e. The van der Waals surface area contributed by atoms with E-state index in [0.717, 1.165) is 31.1 Å². The van der Waals surface area contributed by atoms with Crippen molar-refractivity contribution in [1.82, 2.24) is 24.9 Å². The van der Waals surface area contributed by atoms with Crippen LogP contribution in [0.15, 0.2) is 18.7 Å². The quantitative estimate of drug-likeness (QED) is 0.860. The summed E-state index contributed by atoms with van der Waals surface area (Å²) in [5.41, 5.74) is 0.831. The summed E-state index contributed by atoms with van der Waals surface area (Å²) >= 11 is 0. The zero-order valence-electron chi connectivity index (χ0n) is 10.6. The highest BCUT2D eigenvalue weighted by atomic mass is 15.3. The van der Waals surface area contributed by atoms with Gasteiger partial charge in [0, 0.05) is 31.5 Å². The molecule has 0 radical (unpaired) electrons. The molecular weight excluding hydrogens is 228 g/mol. The first-order chi connectivity index (χ1) is 8.88. The van der Waals surface area contributed by atoms with Crippen LogP contribution in [0.3, 0.4) is 0 Å². The van der Waals surface area contributed by atoms with Crippen molar-refractivity contribution < 1.29 is 0 Å². The van der Waals surface area contributed by atoms with E-state index in [-0.39, 0.29) is 0 Å². The molecule has 3 heterocycles. The van der Waals surface area contributed by atoms with Crippen molar-refractivity contribution >= 4 is 11.5 Å². The van der Waals surface area contributed by atoms with Gasteiger partial charge in [-0.05, 0) is 26.3 Å². The molecule has 18 heavy (non-hydrogen) atoms. The normalized spacial score (nSPS) is 19.5. The Morgan fingerprint density at radius 1 is 1.56 bits per heavy atom. The molecule has 0 amide bonds. The Balaban J connectivity index is 1.87. The zero-order valence-corrected chi connectivity index (χ0v) is 10.6. The van der Waals surface area contributed by atoms with Crippen LogP contribution in [0, 0.1) is 0 Å². The van der Waals surface area contributed by atoms with Crippen molar-refractivity contribution in [2.24, 2.45) is 0 Å². The van der Waals surface area contributed by atoms with E-state index in [4.69, 9.17) is 0 Å². The number of fused-ring (bicyclic) bond motifs is 1. The second-order valence-corrected chi connectivity index (χ2v) is 4.64. The maximum atomic E-state index is 4.47. The SMILES string of the molecule is CCN(CC1CCCN1)c1nccn2cnnc12. The Morgan fingerprint density at radius 3 is 3.28 bits per heavy atom. The molecule has 1 atom stereocenters. The molecule has 0 aliphatic carbocycles. The first kappa shape index (κ1) is 11.4. The third-order valence-electron chi connectivity index (χ3n) is 3.48. The number of aromatic nitrogens is 4. The topological polar surface area (TPSA) is 58.4 Å². The van der Waals surface area contributed by atoms with Crippen LogP contribution >= 0.6 is 0 Å². The highest BCUT2D eigenvalue weighted by Crippen LogP contribution is 2.17. The van der Waals surface area contributed by atoms with Gasteiger partial charge in [-0.1, -0.05) is 0 Å². The Bertz CT molecular complexity index is 516. The summed E-state index contributed by atoms with van der Waals surface area (Å²) in [5, 5.41) is 11.6. The lowest BCUT2D eigenvalue weighted by Gasteiger charge is -2.25. The molecule has 1 aliphatic heterocycles. The minimum absolute atomic E-state index is 0.565. The second-order valence-electron chi connectivity index (χ2n) is 4.64. The Morgan fingerprint density at radius 2 is 2.50 bits per heavy atom. The summed E-state index contributed by atoms with van der Waals surface area (Å²) in [6, 6.07) is 0.565. The average molecular weight is 246 g/mol. The third-order valence-corrected chi connectivity index (χ3v) is 3.48. The molecule has 3 rings (SSSR count). The van der Waals surface area contributed by atoms with Crippen LogP contribution in [0.25, 0.3) is 5.65 Å². The van der Waals surface area contributed by atoms with Crippen LogP contribution in [0.5, 0.6) is 0 Å². The van der Waals surface area contributed by atoms with E-state index in [2.05, 4.69) is 32.3 Å². The monoisotopic (exact) mass is 246 g/mol. The van der Waals surface area contributed by atoms with Gasteiger partial charge in [-0.25, -0.2) is 4.98 Å². The van der Waals surface area contributed by atoms with Crippen molar-refractivity contribution in [2.75, 3.05) is 24.5 Å². The summed E-state index contributed by atoms with van der Waals surface area (Å²) in [6.45, 7) is 5.19. The van der Waals surface area contributed by atoms with Gasteiger partial charge in [0.1, 0.15) is 6.33 Å². The van der Waals surface area contributed by atoms with Crippen LogP contribution in [-0.4, -0.2) is 45.3 Å². The van der Waals surface area contributed by atoms with Crippen molar-refractivity contribution in [3.05, 3.63) is 18.7 Å². The lowest BCUT2D eigenvalue weighted by Crippen LogP contribution is -2.38. The van der Waals surface area contributed by atoms with E-state index in [0.29, 0.717) is 6.04 Å². The van der Waals surface area contributed by atoms with Crippen LogP contribution in [0.2, 0.25) is 0 Å². The van der Waals surface area contributed by atoms with Crippen molar-refractivity contribution in [1.29, 1.82) is 0 Å². The Labute approximate surface area is 106 Å². The molecule has 2 aromatic rings. The van der Waals surface area contributed by atoms with Crippen LogP contribution < -0.4 is 10.2 Å². The maximum Gasteiger partial charge on any atom is 0.203 e. The molecule has 0 saturated carbocycles. The van der Waals surface area contributed by atoms with Crippen molar-refractivity contribution in [3.8, 4) is 0 Å². The molecule has 1 N–H and O–H groups in total. The van der Waals surface area contributed by atoms with Gasteiger partial charge >= 0.3 is 0 Å². The first-order valence-corrected chi connectivity index (χ1v) is 6.51. The fourth-order valence-electron chi connectivity index (χ4n) is 2.51. The maximum absolute atomic E-state index is 4.47. The predicted molar refractivity (Wildman–Crippen MR) is 69.7 cm³/mol. The van der Waals surface area contributed by atoms with Gasteiger partial charge in [-0.2, -0.15) is 0 Å². The van der Waals surface area contributed by atoms with E-state index in [1.54, 1.807) is 12.5 Å². The summed E-state index contributed by atoms with van der Waals surface area (Å²) in [5.74, 6) is 0.922. The molecule has 6 nitrogen and oxygen atoms in total. The molecule has 96 valence electrons. The van der Waals surface area contributed by atoms with Gasteiger partial charge in [0.15, 0.2) is 5.82 Å². The standard InChI is InChI=1S/C12H18N6/c1-2-17(8-10-4-3-5-13-10)11-12-16-15-9-18(12)7-6-14-11/h6-7,9-10,13H,2-5,8H2,1H3. The molecular formula is C12H18N6. The third kappa shape index (κ3) is 2.03. The lowest BCUT2D eigenvalue weighted by molar-refractivity contribution is 0.584. The average Bonchev–Trinajstić information content (AvgIpc) is 3.06. The van der Waals surface area contributed by atoms with E-state index in [1.807, 2.05) is 10.6 Å². The van der Waals surface area contributed by atoms with Crippen LogP contribution in [0.4, 0.5) is 5.82 Å². The smallest absolute Gasteiger partial charge is 0.203 e. The van der Waals surface area contributed by atoms with E-state index in [1.165, 1.54) is 12.8 Å². The van der Waals surface area contributed by atoms with Crippen molar-refractivity contribution in [3.63, 3.8) is 0 Å². The van der Waals surface area contributed by atoms with Gasteiger partial charge in [-0.15, -0.1) is 10.2 Å². The molecule has 1 aliphatic rings.